The van der Waals surface area contributed by atoms with Crippen LogP contribution in [0.4, 0.5) is 18.0 Å². The molecule has 0 spiro atoms. The number of alkyl halides is 3. The van der Waals surface area contributed by atoms with Gasteiger partial charge in [0.05, 0.1) is 12.0 Å². The Labute approximate surface area is 158 Å². The first-order chi connectivity index (χ1) is 13.2. The van der Waals surface area contributed by atoms with Gasteiger partial charge in [-0.05, 0) is 17.2 Å². The average molecular weight is 394 g/mol. The van der Waals surface area contributed by atoms with E-state index in [1.807, 2.05) is 11.4 Å². The number of ether oxygens (including phenoxy) is 1. The number of carbonyl (C=O) groups is 3. The van der Waals surface area contributed by atoms with E-state index >= 15 is 0 Å². The largest absolute Gasteiger partial charge is 0.455 e. The Kier molecular flexibility index (Phi) is 7.14. The molecule has 0 saturated carbocycles. The Bertz CT molecular complexity index is 839. The molecule has 0 saturated heterocycles. The van der Waals surface area contributed by atoms with Gasteiger partial charge in [0.15, 0.2) is 6.61 Å². The van der Waals surface area contributed by atoms with Crippen LogP contribution in [0.1, 0.15) is 16.7 Å². The van der Waals surface area contributed by atoms with E-state index in [2.05, 4.69) is 10.1 Å². The van der Waals surface area contributed by atoms with E-state index in [0.29, 0.717) is 0 Å². The topological polar surface area (TPSA) is 84.5 Å². The number of nitrogens with one attached hydrogen (secondary N) is 2. The predicted molar refractivity (Wildman–Crippen MR) is 92.9 cm³/mol. The van der Waals surface area contributed by atoms with Crippen molar-refractivity contribution in [1.82, 2.24) is 10.6 Å². The second-order valence-corrected chi connectivity index (χ2v) is 5.75. The standard InChI is InChI=1S/C19H17F3N2O4/c20-19(21,22)15-8-4-7-14(9-15)10-17(26)28-12-16(25)24-18(27)23-11-13-5-2-1-3-6-13/h1-9H,10-12H2,(H2,23,24,25,27). The fourth-order valence-corrected chi connectivity index (χ4v) is 2.21. The van der Waals surface area contributed by atoms with Crippen molar-refractivity contribution in [3.63, 3.8) is 0 Å². The number of amides is 3. The highest BCUT2D eigenvalue weighted by atomic mass is 19.4. The van der Waals surface area contributed by atoms with Gasteiger partial charge in [-0.2, -0.15) is 13.2 Å². The second-order valence-electron chi connectivity index (χ2n) is 5.75. The van der Waals surface area contributed by atoms with Crippen molar-refractivity contribution >= 4 is 17.9 Å². The van der Waals surface area contributed by atoms with Gasteiger partial charge >= 0.3 is 18.2 Å². The van der Waals surface area contributed by atoms with Crippen molar-refractivity contribution < 1.29 is 32.3 Å². The third kappa shape index (κ3) is 7.10. The summed E-state index contributed by atoms with van der Waals surface area (Å²) in [6.45, 7) is -0.522. The molecule has 0 fully saturated rings. The summed E-state index contributed by atoms with van der Waals surface area (Å²) in [7, 11) is 0. The number of benzene rings is 2. The van der Waals surface area contributed by atoms with E-state index < -0.39 is 42.7 Å². The van der Waals surface area contributed by atoms with E-state index in [9.17, 15) is 27.6 Å². The van der Waals surface area contributed by atoms with Gasteiger partial charge in [-0.25, -0.2) is 4.79 Å². The number of urea groups is 1. The van der Waals surface area contributed by atoms with Crippen LogP contribution in [0.5, 0.6) is 0 Å². The van der Waals surface area contributed by atoms with Gasteiger partial charge in [0.1, 0.15) is 0 Å². The molecule has 0 aliphatic heterocycles. The molecule has 2 rings (SSSR count). The highest BCUT2D eigenvalue weighted by molar-refractivity contribution is 5.95. The molecule has 28 heavy (non-hydrogen) atoms. The van der Waals surface area contributed by atoms with Crippen LogP contribution in [0.25, 0.3) is 0 Å². The van der Waals surface area contributed by atoms with E-state index in [1.54, 1.807) is 24.3 Å². The molecule has 0 aliphatic carbocycles. The maximum Gasteiger partial charge on any atom is 0.416 e. The maximum absolute atomic E-state index is 12.6. The summed E-state index contributed by atoms with van der Waals surface area (Å²) < 4.78 is 42.6. The zero-order valence-corrected chi connectivity index (χ0v) is 14.6. The Morgan fingerprint density at radius 1 is 0.929 bits per heavy atom. The van der Waals surface area contributed by atoms with Crippen molar-refractivity contribution in [3.05, 3.63) is 71.3 Å². The van der Waals surface area contributed by atoms with E-state index in [-0.39, 0.29) is 12.1 Å². The summed E-state index contributed by atoms with van der Waals surface area (Å²) >= 11 is 0. The Hall–Kier alpha value is -3.36. The smallest absolute Gasteiger partial charge is 0.416 e. The third-order valence-electron chi connectivity index (χ3n) is 3.52. The molecule has 0 radical (unpaired) electrons. The molecule has 0 aliphatic rings. The lowest BCUT2D eigenvalue weighted by Gasteiger charge is -2.09. The van der Waals surface area contributed by atoms with E-state index in [0.717, 1.165) is 17.7 Å². The Morgan fingerprint density at radius 3 is 2.29 bits per heavy atom. The normalized spacial score (nSPS) is 10.8. The molecule has 0 bridgehead atoms. The molecule has 148 valence electrons. The minimum absolute atomic E-state index is 0.0980. The van der Waals surface area contributed by atoms with Crippen LogP contribution < -0.4 is 10.6 Å². The van der Waals surface area contributed by atoms with Crippen LogP contribution in [-0.4, -0.2) is 24.5 Å². The minimum atomic E-state index is -4.52. The number of hydrogen-bond acceptors (Lipinski definition) is 4. The van der Waals surface area contributed by atoms with Gasteiger partial charge in [0.25, 0.3) is 5.91 Å². The number of hydrogen-bond donors (Lipinski definition) is 2. The molecule has 9 heteroatoms. The molecule has 2 aromatic carbocycles. The lowest BCUT2D eigenvalue weighted by atomic mass is 10.1. The summed E-state index contributed by atoms with van der Waals surface area (Å²) in [6.07, 6.45) is -4.95. The highest BCUT2D eigenvalue weighted by Gasteiger charge is 2.30. The van der Waals surface area contributed by atoms with Crippen molar-refractivity contribution in [2.45, 2.75) is 19.1 Å². The summed E-state index contributed by atoms with van der Waals surface area (Å²) in [6, 6.07) is 12.5. The van der Waals surface area contributed by atoms with Crippen molar-refractivity contribution in [2.24, 2.45) is 0 Å². The zero-order valence-electron chi connectivity index (χ0n) is 14.6. The third-order valence-corrected chi connectivity index (χ3v) is 3.52. The molecule has 3 amide bonds. The first kappa shape index (κ1) is 20.9. The highest BCUT2D eigenvalue weighted by Crippen LogP contribution is 2.29. The Balaban J connectivity index is 1.73. The molecule has 6 nitrogen and oxygen atoms in total. The summed E-state index contributed by atoms with van der Waals surface area (Å²) in [4.78, 5) is 34.9. The van der Waals surface area contributed by atoms with Crippen LogP contribution in [0.3, 0.4) is 0 Å². The zero-order chi connectivity index (χ0) is 20.6. The van der Waals surface area contributed by atoms with Crippen molar-refractivity contribution in [2.75, 3.05) is 6.61 Å². The van der Waals surface area contributed by atoms with Crippen LogP contribution >= 0.6 is 0 Å². The van der Waals surface area contributed by atoms with Gasteiger partial charge in [0, 0.05) is 6.54 Å². The molecule has 2 aromatic rings. The lowest BCUT2D eigenvalue weighted by Crippen LogP contribution is -2.41. The van der Waals surface area contributed by atoms with Crippen LogP contribution in [0.15, 0.2) is 54.6 Å². The van der Waals surface area contributed by atoms with Crippen LogP contribution in [-0.2, 0) is 33.5 Å². The first-order valence-electron chi connectivity index (χ1n) is 8.17. The lowest BCUT2D eigenvalue weighted by molar-refractivity contribution is -0.147. The summed E-state index contributed by atoms with van der Waals surface area (Å²) in [5, 5.41) is 4.44. The number of carbonyl (C=O) groups excluding carboxylic acids is 3. The second kappa shape index (κ2) is 9.54. The molecule has 0 atom stereocenters. The van der Waals surface area contributed by atoms with Gasteiger partial charge in [0.2, 0.25) is 0 Å². The molecule has 0 unspecified atom stereocenters. The summed E-state index contributed by atoms with van der Waals surface area (Å²) in [5.41, 5.74) is 0.0454. The maximum atomic E-state index is 12.6. The fourth-order valence-electron chi connectivity index (χ4n) is 2.21. The van der Waals surface area contributed by atoms with Gasteiger partial charge in [-0.15, -0.1) is 0 Å². The Morgan fingerprint density at radius 2 is 1.61 bits per heavy atom. The molecule has 0 aromatic heterocycles. The van der Waals surface area contributed by atoms with Gasteiger partial charge < -0.3 is 10.1 Å². The van der Waals surface area contributed by atoms with Crippen LogP contribution in [0, 0.1) is 0 Å². The number of rotatable bonds is 6. The first-order valence-corrected chi connectivity index (χ1v) is 8.17. The number of esters is 1. The molecule has 0 heterocycles. The van der Waals surface area contributed by atoms with Gasteiger partial charge in [-0.3, -0.25) is 14.9 Å². The minimum Gasteiger partial charge on any atom is -0.455 e. The number of imide groups is 1. The molecule has 2 N–H and O–H groups in total. The van der Waals surface area contributed by atoms with E-state index in [1.165, 1.54) is 12.1 Å². The van der Waals surface area contributed by atoms with E-state index in [4.69, 9.17) is 0 Å². The van der Waals surface area contributed by atoms with Crippen molar-refractivity contribution in [3.8, 4) is 0 Å². The molecular formula is C19H17F3N2O4. The van der Waals surface area contributed by atoms with Crippen LogP contribution in [0.2, 0.25) is 0 Å². The monoisotopic (exact) mass is 394 g/mol. The molecular weight excluding hydrogens is 377 g/mol. The van der Waals surface area contributed by atoms with Gasteiger partial charge in [-0.1, -0.05) is 48.5 Å². The van der Waals surface area contributed by atoms with Crippen molar-refractivity contribution in [1.29, 1.82) is 0 Å². The number of halogens is 3. The average Bonchev–Trinajstić information content (AvgIpc) is 2.65. The fraction of sp³-hybridized carbons (Fsp3) is 0.211. The predicted octanol–water partition coefficient (Wildman–Crippen LogP) is 2.82. The summed E-state index contributed by atoms with van der Waals surface area (Å²) in [5.74, 6) is -1.75. The quantitative estimate of drug-likeness (QED) is 0.738. The SMILES string of the molecule is O=C(COC(=O)Cc1cccc(C(F)(F)F)c1)NC(=O)NCc1ccccc1.